The van der Waals surface area contributed by atoms with Gasteiger partial charge in [0.2, 0.25) is 0 Å². The predicted octanol–water partition coefficient (Wildman–Crippen LogP) is 1.09. The summed E-state index contributed by atoms with van der Waals surface area (Å²) in [5, 5.41) is 0. The van der Waals surface area contributed by atoms with Crippen LogP contribution in [-0.4, -0.2) is 36.3 Å². The Labute approximate surface area is 83.9 Å². The van der Waals surface area contributed by atoms with E-state index in [1.54, 1.807) is 12.5 Å². The Bertz CT molecular complexity index is 272. The van der Waals surface area contributed by atoms with Gasteiger partial charge in [-0.3, -0.25) is 0 Å². The first-order valence-electron chi connectivity index (χ1n) is 4.94. The van der Waals surface area contributed by atoms with Crippen LogP contribution in [0, 0.1) is 0 Å². The van der Waals surface area contributed by atoms with Crippen LogP contribution in [0.2, 0.25) is 0 Å². The van der Waals surface area contributed by atoms with Gasteiger partial charge in [0.05, 0.1) is 0 Å². The molecule has 1 saturated heterocycles. The second kappa shape index (κ2) is 4.37. The lowest BCUT2D eigenvalue weighted by molar-refractivity contribution is 0.0853. The first-order valence-corrected chi connectivity index (χ1v) is 4.94. The molecule has 4 heteroatoms. The maximum atomic E-state index is 5.33. The van der Waals surface area contributed by atoms with E-state index in [9.17, 15) is 0 Å². The molecular formula is C10H15N3O. The number of hydrogen-bond acceptors (Lipinski definition) is 4. The van der Waals surface area contributed by atoms with Crippen molar-refractivity contribution in [1.82, 2.24) is 9.97 Å². The summed E-state index contributed by atoms with van der Waals surface area (Å²) in [6.07, 6.45) is 5.53. The van der Waals surface area contributed by atoms with E-state index in [0.717, 1.165) is 31.9 Å². The predicted molar refractivity (Wildman–Crippen MR) is 54.3 cm³/mol. The minimum Gasteiger partial charge on any atom is -0.381 e. The Morgan fingerprint density at radius 1 is 1.43 bits per heavy atom. The van der Waals surface area contributed by atoms with Crippen molar-refractivity contribution in [2.45, 2.75) is 18.9 Å². The van der Waals surface area contributed by atoms with Crippen molar-refractivity contribution in [1.29, 1.82) is 0 Å². The van der Waals surface area contributed by atoms with Crippen LogP contribution in [0.1, 0.15) is 12.8 Å². The van der Waals surface area contributed by atoms with Crippen molar-refractivity contribution in [3.8, 4) is 0 Å². The average molecular weight is 193 g/mol. The van der Waals surface area contributed by atoms with Gasteiger partial charge in [-0.15, -0.1) is 0 Å². The van der Waals surface area contributed by atoms with Crippen molar-refractivity contribution in [2.75, 3.05) is 25.2 Å². The fourth-order valence-electron chi connectivity index (χ4n) is 1.75. The highest BCUT2D eigenvalue weighted by molar-refractivity contribution is 5.36. The van der Waals surface area contributed by atoms with Crippen LogP contribution in [-0.2, 0) is 4.74 Å². The lowest BCUT2D eigenvalue weighted by Crippen LogP contribution is -2.37. The van der Waals surface area contributed by atoms with Gasteiger partial charge >= 0.3 is 0 Å². The number of hydrogen-bond donors (Lipinski definition) is 0. The molecule has 1 aromatic rings. The molecule has 1 aliphatic rings. The van der Waals surface area contributed by atoms with Crippen molar-refractivity contribution in [2.24, 2.45) is 0 Å². The summed E-state index contributed by atoms with van der Waals surface area (Å²) < 4.78 is 5.33. The third-order valence-electron chi connectivity index (χ3n) is 2.67. The molecular weight excluding hydrogens is 178 g/mol. The molecule has 1 aliphatic heterocycles. The first kappa shape index (κ1) is 9.40. The molecule has 1 aromatic heterocycles. The highest BCUT2D eigenvalue weighted by atomic mass is 16.5. The van der Waals surface area contributed by atoms with Crippen LogP contribution < -0.4 is 4.90 Å². The summed E-state index contributed by atoms with van der Waals surface area (Å²) in [7, 11) is 2.08. The molecule has 2 rings (SSSR count). The van der Waals surface area contributed by atoms with E-state index in [1.165, 1.54) is 0 Å². The molecule has 4 nitrogen and oxygen atoms in total. The monoisotopic (exact) mass is 193 g/mol. The summed E-state index contributed by atoms with van der Waals surface area (Å²) in [5.41, 5.74) is 0. The molecule has 0 bridgehead atoms. The molecule has 0 aliphatic carbocycles. The van der Waals surface area contributed by atoms with E-state index < -0.39 is 0 Å². The van der Waals surface area contributed by atoms with Crippen LogP contribution in [0.5, 0.6) is 0 Å². The second-order valence-electron chi connectivity index (χ2n) is 3.52. The van der Waals surface area contributed by atoms with E-state index >= 15 is 0 Å². The van der Waals surface area contributed by atoms with E-state index in [4.69, 9.17) is 4.74 Å². The standard InChI is InChI=1S/C10H15N3O/c1-13(9-3-6-14-7-4-9)10-2-5-11-8-12-10/h2,5,8-9H,3-4,6-7H2,1H3. The summed E-state index contributed by atoms with van der Waals surface area (Å²) in [4.78, 5) is 10.4. The molecule has 76 valence electrons. The topological polar surface area (TPSA) is 38.2 Å². The fraction of sp³-hybridized carbons (Fsp3) is 0.600. The zero-order chi connectivity index (χ0) is 9.80. The van der Waals surface area contributed by atoms with Gasteiger partial charge < -0.3 is 9.64 Å². The van der Waals surface area contributed by atoms with Crippen molar-refractivity contribution >= 4 is 5.82 Å². The molecule has 0 atom stereocenters. The number of nitrogens with zero attached hydrogens (tertiary/aromatic N) is 3. The summed E-state index contributed by atoms with van der Waals surface area (Å²) >= 11 is 0. The molecule has 0 radical (unpaired) electrons. The van der Waals surface area contributed by atoms with E-state index in [-0.39, 0.29) is 0 Å². The van der Waals surface area contributed by atoms with Crippen molar-refractivity contribution in [3.63, 3.8) is 0 Å². The van der Waals surface area contributed by atoms with Crippen molar-refractivity contribution < 1.29 is 4.74 Å². The first-order chi connectivity index (χ1) is 6.88. The van der Waals surface area contributed by atoms with Gasteiger partial charge in [0.1, 0.15) is 12.1 Å². The summed E-state index contributed by atoms with van der Waals surface area (Å²) in [6.45, 7) is 1.72. The van der Waals surface area contributed by atoms with Crippen LogP contribution in [0.3, 0.4) is 0 Å². The Kier molecular flexibility index (Phi) is 2.93. The molecule has 1 fully saturated rings. The van der Waals surface area contributed by atoms with Gasteiger partial charge in [-0.05, 0) is 18.9 Å². The van der Waals surface area contributed by atoms with E-state index in [1.807, 2.05) is 6.07 Å². The van der Waals surface area contributed by atoms with E-state index in [0.29, 0.717) is 6.04 Å². The lowest BCUT2D eigenvalue weighted by atomic mass is 10.1. The summed E-state index contributed by atoms with van der Waals surface area (Å²) in [6, 6.07) is 2.49. The molecule has 0 aromatic carbocycles. The van der Waals surface area contributed by atoms with Gasteiger partial charge in [-0.25, -0.2) is 9.97 Å². The molecule has 14 heavy (non-hydrogen) atoms. The second-order valence-corrected chi connectivity index (χ2v) is 3.52. The molecule has 0 saturated carbocycles. The van der Waals surface area contributed by atoms with Crippen molar-refractivity contribution in [3.05, 3.63) is 18.6 Å². The number of aromatic nitrogens is 2. The maximum Gasteiger partial charge on any atom is 0.131 e. The average Bonchev–Trinajstić information content (AvgIpc) is 2.30. The minimum absolute atomic E-state index is 0.554. The maximum absolute atomic E-state index is 5.33. The Hall–Kier alpha value is -1.16. The smallest absolute Gasteiger partial charge is 0.131 e. The zero-order valence-electron chi connectivity index (χ0n) is 8.39. The molecule has 0 unspecified atom stereocenters. The number of ether oxygens (including phenoxy) is 1. The SMILES string of the molecule is CN(c1ccncn1)C1CCOCC1. The zero-order valence-corrected chi connectivity index (χ0v) is 8.39. The largest absolute Gasteiger partial charge is 0.381 e. The highest BCUT2D eigenvalue weighted by Gasteiger charge is 2.18. The Morgan fingerprint density at radius 2 is 2.21 bits per heavy atom. The van der Waals surface area contributed by atoms with Gasteiger partial charge in [-0.1, -0.05) is 0 Å². The molecule has 2 heterocycles. The van der Waals surface area contributed by atoms with Crippen LogP contribution in [0.4, 0.5) is 5.82 Å². The Morgan fingerprint density at radius 3 is 2.86 bits per heavy atom. The number of rotatable bonds is 2. The van der Waals surface area contributed by atoms with Crippen LogP contribution >= 0.6 is 0 Å². The molecule has 0 amide bonds. The van der Waals surface area contributed by atoms with Gasteiger partial charge in [0, 0.05) is 32.5 Å². The third kappa shape index (κ3) is 2.01. The normalized spacial score (nSPS) is 18.1. The summed E-state index contributed by atoms with van der Waals surface area (Å²) in [5.74, 6) is 0.993. The lowest BCUT2D eigenvalue weighted by Gasteiger charge is -2.31. The minimum atomic E-state index is 0.554. The number of anilines is 1. The van der Waals surface area contributed by atoms with Gasteiger partial charge in [0.25, 0.3) is 0 Å². The third-order valence-corrected chi connectivity index (χ3v) is 2.67. The molecule has 0 spiro atoms. The fourth-order valence-corrected chi connectivity index (χ4v) is 1.75. The highest BCUT2D eigenvalue weighted by Crippen LogP contribution is 2.17. The Balaban J connectivity index is 2.03. The van der Waals surface area contributed by atoms with Gasteiger partial charge in [-0.2, -0.15) is 0 Å². The molecule has 0 N–H and O–H groups in total. The quantitative estimate of drug-likeness (QED) is 0.704. The van der Waals surface area contributed by atoms with Gasteiger partial charge in [0.15, 0.2) is 0 Å². The van der Waals surface area contributed by atoms with Crippen LogP contribution in [0.25, 0.3) is 0 Å². The van der Waals surface area contributed by atoms with Crippen LogP contribution in [0.15, 0.2) is 18.6 Å². The van der Waals surface area contributed by atoms with E-state index in [2.05, 4.69) is 21.9 Å².